The zero-order valence-corrected chi connectivity index (χ0v) is 15.3. The van der Waals surface area contributed by atoms with Crippen LogP contribution in [0.5, 0.6) is 0 Å². The van der Waals surface area contributed by atoms with Gasteiger partial charge in [0.25, 0.3) is 0 Å². The van der Waals surface area contributed by atoms with Crippen molar-refractivity contribution in [2.75, 3.05) is 12.3 Å². The number of carbonyl (C=O) groups excluding carboxylic acids is 1. The number of nitrogen functional groups attached to an aromatic ring is 1. The van der Waals surface area contributed by atoms with E-state index in [0.29, 0.717) is 31.4 Å². The van der Waals surface area contributed by atoms with Gasteiger partial charge in [-0.05, 0) is 48.7 Å². The average Bonchev–Trinajstić information content (AvgIpc) is 2.60. The van der Waals surface area contributed by atoms with Crippen molar-refractivity contribution in [3.8, 4) is 0 Å². The number of rotatable bonds is 10. The minimum Gasteiger partial charge on any atom is -0.398 e. The van der Waals surface area contributed by atoms with E-state index in [1.165, 1.54) is 12.1 Å². The molecule has 0 saturated carbocycles. The van der Waals surface area contributed by atoms with Crippen LogP contribution in [0.2, 0.25) is 0 Å². The Morgan fingerprint density at radius 1 is 1.00 bits per heavy atom. The Balaban J connectivity index is 1.65. The van der Waals surface area contributed by atoms with Crippen molar-refractivity contribution in [3.63, 3.8) is 0 Å². The molecule has 2 aromatic carbocycles. The molecule has 0 radical (unpaired) electrons. The fraction of sp³-hybridized carbons (Fsp3) is 0.316. The Labute approximate surface area is 153 Å². The molecular formula is C19H23FN2O3S. The van der Waals surface area contributed by atoms with E-state index in [4.69, 9.17) is 5.73 Å². The van der Waals surface area contributed by atoms with E-state index >= 15 is 0 Å². The highest BCUT2D eigenvalue weighted by atomic mass is 32.2. The lowest BCUT2D eigenvalue weighted by atomic mass is 10.0. The molecule has 0 fully saturated rings. The van der Waals surface area contributed by atoms with E-state index in [0.717, 1.165) is 24.1 Å². The zero-order chi connectivity index (χ0) is 19.0. The van der Waals surface area contributed by atoms with Crippen molar-refractivity contribution < 1.29 is 17.6 Å². The van der Waals surface area contributed by atoms with Crippen LogP contribution >= 0.6 is 0 Å². The summed E-state index contributed by atoms with van der Waals surface area (Å²) in [5, 5.41) is 0. The Morgan fingerprint density at radius 3 is 2.38 bits per heavy atom. The van der Waals surface area contributed by atoms with Crippen LogP contribution in [-0.4, -0.2) is 20.7 Å². The molecule has 0 aliphatic heterocycles. The van der Waals surface area contributed by atoms with Crippen LogP contribution in [-0.2, 0) is 21.2 Å². The predicted molar refractivity (Wildman–Crippen MR) is 99.6 cm³/mol. The van der Waals surface area contributed by atoms with Crippen molar-refractivity contribution in [2.24, 2.45) is 0 Å². The van der Waals surface area contributed by atoms with Crippen LogP contribution in [0, 0.1) is 5.82 Å². The average molecular weight is 378 g/mol. The minimum atomic E-state index is -3.62. The molecule has 0 aromatic heterocycles. The number of nitrogens with one attached hydrogen (secondary N) is 1. The Bertz CT molecular complexity index is 836. The van der Waals surface area contributed by atoms with Crippen LogP contribution < -0.4 is 10.5 Å². The number of ketones is 1. The van der Waals surface area contributed by atoms with Gasteiger partial charge in [-0.15, -0.1) is 0 Å². The molecule has 7 heteroatoms. The number of halogens is 1. The molecule has 0 heterocycles. The third kappa shape index (κ3) is 6.24. The summed E-state index contributed by atoms with van der Waals surface area (Å²) in [5.41, 5.74) is 7.28. The lowest BCUT2D eigenvalue weighted by Gasteiger charge is -2.07. The molecule has 0 aliphatic carbocycles. The molecular weight excluding hydrogens is 355 g/mol. The molecule has 2 rings (SSSR count). The maximum Gasteiger partial charge on any atom is 0.240 e. The van der Waals surface area contributed by atoms with Crippen LogP contribution in [0.3, 0.4) is 0 Å². The highest BCUT2D eigenvalue weighted by molar-refractivity contribution is 7.89. The van der Waals surface area contributed by atoms with Gasteiger partial charge in [-0.25, -0.2) is 17.5 Å². The Morgan fingerprint density at radius 2 is 1.69 bits per heavy atom. The van der Waals surface area contributed by atoms with Crippen molar-refractivity contribution in [2.45, 2.75) is 37.0 Å². The van der Waals surface area contributed by atoms with Crippen LogP contribution in [0.15, 0.2) is 53.4 Å². The molecule has 0 saturated heterocycles. The normalized spacial score (nSPS) is 11.4. The summed E-state index contributed by atoms with van der Waals surface area (Å²) in [4.78, 5) is 12.0. The second-order valence-corrected chi connectivity index (χ2v) is 7.84. The SMILES string of the molecule is Nc1ccccc1CC(=O)CCCCCNS(=O)(=O)c1ccc(F)cc1. The quantitative estimate of drug-likeness (QED) is 0.491. The summed E-state index contributed by atoms with van der Waals surface area (Å²) in [6.07, 6.45) is 2.83. The van der Waals surface area contributed by atoms with Gasteiger partial charge < -0.3 is 5.73 Å². The molecule has 0 atom stereocenters. The molecule has 3 N–H and O–H groups in total. The van der Waals surface area contributed by atoms with Crippen molar-refractivity contribution in [3.05, 3.63) is 59.9 Å². The summed E-state index contributed by atoms with van der Waals surface area (Å²) in [6, 6.07) is 12.0. The molecule has 0 aliphatic rings. The van der Waals surface area contributed by atoms with Crippen molar-refractivity contribution >= 4 is 21.5 Å². The van der Waals surface area contributed by atoms with Gasteiger partial charge in [-0.3, -0.25) is 4.79 Å². The van der Waals surface area contributed by atoms with E-state index in [1.54, 1.807) is 6.07 Å². The van der Waals surface area contributed by atoms with Gasteiger partial charge in [-0.2, -0.15) is 0 Å². The lowest BCUT2D eigenvalue weighted by Crippen LogP contribution is -2.24. The summed E-state index contributed by atoms with van der Waals surface area (Å²) in [6.45, 7) is 0.277. The lowest BCUT2D eigenvalue weighted by molar-refractivity contribution is -0.118. The van der Waals surface area contributed by atoms with Gasteiger partial charge in [-0.1, -0.05) is 24.6 Å². The number of carbonyl (C=O) groups is 1. The van der Waals surface area contributed by atoms with Gasteiger partial charge in [0.1, 0.15) is 11.6 Å². The number of para-hydroxylation sites is 1. The van der Waals surface area contributed by atoms with Crippen molar-refractivity contribution in [1.82, 2.24) is 4.72 Å². The molecule has 0 unspecified atom stereocenters. The largest absolute Gasteiger partial charge is 0.398 e. The second kappa shape index (κ2) is 9.45. The summed E-state index contributed by atoms with van der Waals surface area (Å²) < 4.78 is 39.4. The number of benzene rings is 2. The number of hydrogen-bond donors (Lipinski definition) is 2. The maximum absolute atomic E-state index is 12.8. The molecule has 0 bridgehead atoms. The first-order chi connectivity index (χ1) is 12.4. The molecule has 5 nitrogen and oxygen atoms in total. The first-order valence-corrected chi connectivity index (χ1v) is 9.97. The highest BCUT2D eigenvalue weighted by Gasteiger charge is 2.13. The van der Waals surface area contributed by atoms with Crippen LogP contribution in [0.1, 0.15) is 31.2 Å². The van der Waals surface area contributed by atoms with Gasteiger partial charge >= 0.3 is 0 Å². The van der Waals surface area contributed by atoms with E-state index in [-0.39, 0.29) is 17.2 Å². The molecule has 140 valence electrons. The number of hydrogen-bond acceptors (Lipinski definition) is 4. The predicted octanol–water partition coefficient (Wildman–Crippen LogP) is 3.06. The fourth-order valence-electron chi connectivity index (χ4n) is 2.52. The summed E-state index contributed by atoms with van der Waals surface area (Å²) in [7, 11) is -3.62. The zero-order valence-electron chi connectivity index (χ0n) is 14.4. The molecule has 0 amide bonds. The molecule has 2 aromatic rings. The minimum absolute atomic E-state index is 0.0366. The third-order valence-electron chi connectivity index (χ3n) is 3.99. The van der Waals surface area contributed by atoms with E-state index in [9.17, 15) is 17.6 Å². The van der Waals surface area contributed by atoms with E-state index < -0.39 is 15.8 Å². The number of nitrogens with two attached hydrogens (primary N) is 1. The second-order valence-electron chi connectivity index (χ2n) is 6.08. The third-order valence-corrected chi connectivity index (χ3v) is 5.47. The maximum atomic E-state index is 12.8. The number of sulfonamides is 1. The van der Waals surface area contributed by atoms with Crippen LogP contribution in [0.4, 0.5) is 10.1 Å². The van der Waals surface area contributed by atoms with E-state index in [2.05, 4.69) is 4.72 Å². The summed E-state index contributed by atoms with van der Waals surface area (Å²) in [5.74, 6) is -0.360. The number of anilines is 1. The van der Waals surface area contributed by atoms with Gasteiger partial charge in [0.2, 0.25) is 10.0 Å². The van der Waals surface area contributed by atoms with Gasteiger partial charge in [0, 0.05) is 25.1 Å². The standard InChI is InChI=1S/C19H23FN2O3S/c20-16-9-11-18(12-10-16)26(24,25)22-13-5-1-2-7-17(23)14-15-6-3-4-8-19(15)21/h3-4,6,8-12,22H,1-2,5,7,13-14,21H2. The Kier molecular flexibility index (Phi) is 7.29. The highest BCUT2D eigenvalue weighted by Crippen LogP contribution is 2.13. The van der Waals surface area contributed by atoms with Crippen molar-refractivity contribution in [1.29, 1.82) is 0 Å². The monoisotopic (exact) mass is 378 g/mol. The topological polar surface area (TPSA) is 89.3 Å². The number of unbranched alkanes of at least 4 members (excludes halogenated alkanes) is 2. The first-order valence-electron chi connectivity index (χ1n) is 8.49. The van der Waals surface area contributed by atoms with E-state index in [1.807, 2.05) is 18.2 Å². The summed E-state index contributed by atoms with van der Waals surface area (Å²) >= 11 is 0. The van der Waals surface area contributed by atoms with Crippen LogP contribution in [0.25, 0.3) is 0 Å². The smallest absolute Gasteiger partial charge is 0.240 e. The Hall–Kier alpha value is -2.25. The fourth-order valence-corrected chi connectivity index (χ4v) is 3.60. The first kappa shape index (κ1) is 20.1. The van der Waals surface area contributed by atoms with Gasteiger partial charge in [0.05, 0.1) is 4.90 Å². The molecule has 0 spiro atoms. The van der Waals surface area contributed by atoms with Gasteiger partial charge in [0.15, 0.2) is 0 Å². The number of Topliss-reactive ketones (excluding diaryl/α,β-unsaturated/α-hetero) is 1. The molecule has 26 heavy (non-hydrogen) atoms.